The Bertz CT molecular complexity index is 1210. The number of rotatable bonds is 13. The summed E-state index contributed by atoms with van der Waals surface area (Å²) in [6.07, 6.45) is 6.87. The summed E-state index contributed by atoms with van der Waals surface area (Å²) in [5, 5.41) is 8.88. The van der Waals surface area contributed by atoms with Gasteiger partial charge in [-0.05, 0) is 73.2 Å². The summed E-state index contributed by atoms with van der Waals surface area (Å²) in [5.74, 6) is -0.573. The number of ether oxygens (including phenoxy) is 2. The Kier molecular flexibility index (Phi) is 10.9. The molecule has 3 aromatic carbocycles. The van der Waals surface area contributed by atoms with Crippen molar-refractivity contribution in [3.63, 3.8) is 0 Å². The normalized spacial score (nSPS) is 10.5. The molecule has 5 nitrogen and oxygen atoms in total. The minimum absolute atomic E-state index is 0.139. The maximum absolute atomic E-state index is 14.5. The third kappa shape index (κ3) is 9.20. The second kappa shape index (κ2) is 14.5. The van der Waals surface area contributed by atoms with Gasteiger partial charge < -0.3 is 9.47 Å². The summed E-state index contributed by atoms with van der Waals surface area (Å²) in [6, 6.07) is 20.5. The molecule has 0 aliphatic heterocycles. The third-order valence-corrected chi connectivity index (χ3v) is 5.98. The molecule has 0 aliphatic rings. The highest BCUT2D eigenvalue weighted by molar-refractivity contribution is 5.73. The summed E-state index contributed by atoms with van der Waals surface area (Å²) in [7, 11) is 0. The molecule has 6 heteroatoms. The Morgan fingerprint density at radius 3 is 2.00 bits per heavy atom. The topological polar surface area (TPSA) is 76.4 Å². The molecule has 0 aliphatic carbocycles. The van der Waals surface area contributed by atoms with Crippen LogP contribution >= 0.6 is 0 Å². The van der Waals surface area contributed by atoms with Crippen LogP contribution in [0.2, 0.25) is 0 Å². The summed E-state index contributed by atoms with van der Waals surface area (Å²) in [6.45, 7) is 2.18. The lowest BCUT2D eigenvalue weighted by Gasteiger charge is -2.08. The van der Waals surface area contributed by atoms with Crippen LogP contribution in [0.4, 0.5) is 4.39 Å². The third-order valence-electron chi connectivity index (χ3n) is 5.98. The van der Waals surface area contributed by atoms with Gasteiger partial charge in [0.2, 0.25) is 0 Å². The SMILES string of the molecule is CCCCCc1ccc(OC(=O)CCCCCC(=O)Oc2ccc(-c3ccc(C#N)cc3)c(F)c2)cc1. The Balaban J connectivity index is 1.34. The van der Waals surface area contributed by atoms with E-state index in [9.17, 15) is 14.0 Å². The number of benzene rings is 3. The summed E-state index contributed by atoms with van der Waals surface area (Å²) in [4.78, 5) is 24.2. The van der Waals surface area contributed by atoms with Crippen LogP contribution in [0, 0.1) is 17.1 Å². The minimum atomic E-state index is -0.514. The lowest BCUT2D eigenvalue weighted by molar-refractivity contribution is -0.134. The molecule has 0 saturated heterocycles. The van der Waals surface area contributed by atoms with E-state index in [1.54, 1.807) is 36.4 Å². The van der Waals surface area contributed by atoms with E-state index < -0.39 is 11.8 Å². The summed E-state index contributed by atoms with van der Waals surface area (Å²) in [5.41, 5.74) is 2.73. The molecule has 0 atom stereocenters. The van der Waals surface area contributed by atoms with Crippen molar-refractivity contribution in [3.8, 4) is 28.7 Å². The van der Waals surface area contributed by atoms with Crippen molar-refractivity contribution in [2.24, 2.45) is 0 Å². The lowest BCUT2D eigenvalue weighted by atomic mass is 10.0. The van der Waals surface area contributed by atoms with E-state index in [4.69, 9.17) is 14.7 Å². The van der Waals surface area contributed by atoms with Crippen molar-refractivity contribution in [3.05, 3.63) is 83.7 Å². The van der Waals surface area contributed by atoms with E-state index >= 15 is 0 Å². The first-order chi connectivity index (χ1) is 18.0. The molecule has 192 valence electrons. The molecule has 0 heterocycles. The van der Waals surface area contributed by atoms with Crippen LogP contribution in [0.15, 0.2) is 66.7 Å². The lowest BCUT2D eigenvalue weighted by Crippen LogP contribution is -2.09. The molecule has 3 aromatic rings. The zero-order valence-electron chi connectivity index (χ0n) is 21.2. The van der Waals surface area contributed by atoms with Gasteiger partial charge in [-0.25, -0.2) is 4.39 Å². The molecule has 0 aromatic heterocycles. The molecule has 0 radical (unpaired) electrons. The Hall–Kier alpha value is -3.98. The van der Waals surface area contributed by atoms with Gasteiger partial charge in [-0.15, -0.1) is 0 Å². The summed E-state index contributed by atoms with van der Waals surface area (Å²) < 4.78 is 25.2. The highest BCUT2D eigenvalue weighted by atomic mass is 19.1. The number of nitriles is 1. The molecule has 0 bridgehead atoms. The quantitative estimate of drug-likeness (QED) is 0.137. The number of esters is 2. The van der Waals surface area contributed by atoms with Crippen LogP contribution in [0.25, 0.3) is 11.1 Å². The number of halogens is 1. The zero-order valence-corrected chi connectivity index (χ0v) is 21.2. The van der Waals surface area contributed by atoms with Gasteiger partial charge in [0.15, 0.2) is 0 Å². The molecule has 3 rings (SSSR count). The average molecular weight is 502 g/mol. The predicted octanol–water partition coefficient (Wildman–Crippen LogP) is 7.56. The van der Waals surface area contributed by atoms with Gasteiger partial charge in [0.1, 0.15) is 17.3 Å². The van der Waals surface area contributed by atoms with Gasteiger partial charge in [0.05, 0.1) is 11.6 Å². The van der Waals surface area contributed by atoms with Crippen LogP contribution in [0.5, 0.6) is 11.5 Å². The van der Waals surface area contributed by atoms with Crippen molar-refractivity contribution in [2.75, 3.05) is 0 Å². The fourth-order valence-electron chi connectivity index (χ4n) is 3.90. The first-order valence-corrected chi connectivity index (χ1v) is 12.8. The number of hydrogen-bond donors (Lipinski definition) is 0. The Labute approximate surface area is 217 Å². The molecule has 0 unspecified atom stereocenters. The number of unbranched alkanes of at least 4 members (excludes halogenated alkanes) is 4. The first kappa shape index (κ1) is 27.6. The maximum atomic E-state index is 14.5. The highest BCUT2D eigenvalue weighted by Gasteiger charge is 2.11. The number of carbonyl (C=O) groups is 2. The molecule has 0 saturated carbocycles. The standard InChI is InChI=1S/C31H32FNO4/c1-2-3-5-8-23-13-17-26(18-14-23)36-30(34)9-6-4-7-10-31(35)37-27-19-20-28(29(32)21-27)25-15-11-24(22-33)12-16-25/h11-21H,2-10H2,1H3. The second-order valence-corrected chi connectivity index (χ2v) is 8.94. The Morgan fingerprint density at radius 2 is 1.41 bits per heavy atom. The van der Waals surface area contributed by atoms with E-state index in [0.29, 0.717) is 41.7 Å². The van der Waals surface area contributed by atoms with Crippen LogP contribution in [0.1, 0.15) is 69.4 Å². The van der Waals surface area contributed by atoms with Crippen molar-refractivity contribution in [1.82, 2.24) is 0 Å². The molecule has 0 N–H and O–H groups in total. The minimum Gasteiger partial charge on any atom is -0.427 e. The van der Waals surface area contributed by atoms with Crippen LogP contribution < -0.4 is 9.47 Å². The van der Waals surface area contributed by atoms with Gasteiger partial charge in [-0.1, -0.05) is 50.5 Å². The van der Waals surface area contributed by atoms with E-state index in [-0.39, 0.29) is 24.6 Å². The van der Waals surface area contributed by atoms with Gasteiger partial charge in [0, 0.05) is 24.5 Å². The largest absolute Gasteiger partial charge is 0.427 e. The number of aryl methyl sites for hydroxylation is 1. The Morgan fingerprint density at radius 1 is 0.784 bits per heavy atom. The van der Waals surface area contributed by atoms with Crippen molar-refractivity contribution < 1.29 is 23.5 Å². The van der Waals surface area contributed by atoms with Crippen LogP contribution in [0.3, 0.4) is 0 Å². The van der Waals surface area contributed by atoms with Crippen molar-refractivity contribution in [1.29, 1.82) is 5.26 Å². The molecule has 0 spiro atoms. The predicted molar refractivity (Wildman–Crippen MR) is 141 cm³/mol. The van der Waals surface area contributed by atoms with E-state index in [0.717, 1.165) is 12.8 Å². The smallest absolute Gasteiger partial charge is 0.311 e. The van der Waals surface area contributed by atoms with Crippen LogP contribution in [-0.4, -0.2) is 11.9 Å². The fraction of sp³-hybridized carbons (Fsp3) is 0.323. The van der Waals surface area contributed by atoms with Crippen molar-refractivity contribution in [2.45, 2.75) is 64.7 Å². The number of carbonyl (C=O) groups excluding carboxylic acids is 2. The van der Waals surface area contributed by atoms with E-state index in [1.165, 1.54) is 24.5 Å². The molecular weight excluding hydrogens is 469 g/mol. The van der Waals surface area contributed by atoms with Crippen molar-refractivity contribution >= 4 is 11.9 Å². The van der Waals surface area contributed by atoms with Gasteiger partial charge in [-0.2, -0.15) is 5.26 Å². The van der Waals surface area contributed by atoms with Gasteiger partial charge in [-0.3, -0.25) is 9.59 Å². The van der Waals surface area contributed by atoms with E-state index in [2.05, 4.69) is 6.92 Å². The average Bonchev–Trinajstić information content (AvgIpc) is 2.90. The molecule has 37 heavy (non-hydrogen) atoms. The molecule has 0 amide bonds. The molecular formula is C31H32FNO4. The first-order valence-electron chi connectivity index (χ1n) is 12.8. The summed E-state index contributed by atoms with van der Waals surface area (Å²) >= 11 is 0. The van der Waals surface area contributed by atoms with Crippen LogP contribution in [-0.2, 0) is 16.0 Å². The number of hydrogen-bond acceptors (Lipinski definition) is 5. The van der Waals surface area contributed by atoms with Gasteiger partial charge >= 0.3 is 11.9 Å². The molecule has 0 fully saturated rings. The fourth-order valence-corrected chi connectivity index (χ4v) is 3.90. The second-order valence-electron chi connectivity index (χ2n) is 8.94. The highest BCUT2D eigenvalue weighted by Crippen LogP contribution is 2.27. The van der Waals surface area contributed by atoms with E-state index in [1.807, 2.05) is 30.3 Å². The monoisotopic (exact) mass is 501 g/mol. The zero-order chi connectivity index (χ0) is 26.5. The maximum Gasteiger partial charge on any atom is 0.311 e. The van der Waals surface area contributed by atoms with Gasteiger partial charge in [0.25, 0.3) is 0 Å². The number of nitrogens with zero attached hydrogens (tertiary/aromatic N) is 1.